The summed E-state index contributed by atoms with van der Waals surface area (Å²) in [5, 5.41) is 12.2. The topological polar surface area (TPSA) is 77.0 Å². The third kappa shape index (κ3) is 3.08. The maximum Gasteiger partial charge on any atom is 0.325 e. The highest BCUT2D eigenvalue weighted by molar-refractivity contribution is 5.78. The molecule has 1 rings (SSSR count). The number of likely N-dealkylation sites (N-methyl/N-ethyl adjacent to an activating group) is 1. The molecule has 1 atom stereocenters. The van der Waals surface area contributed by atoms with Crippen molar-refractivity contribution in [2.24, 2.45) is 0 Å². The summed E-state index contributed by atoms with van der Waals surface area (Å²) in [4.78, 5) is 11.3. The number of aliphatic carboxylic acids is 1. The number of benzene rings is 1. The zero-order valence-electron chi connectivity index (χ0n) is 11.5. The molecule has 0 aliphatic heterocycles. The third-order valence-electron chi connectivity index (χ3n) is 2.70. The van der Waals surface area contributed by atoms with Gasteiger partial charge in [-0.3, -0.25) is 4.79 Å². The van der Waals surface area contributed by atoms with Crippen molar-refractivity contribution >= 4 is 5.97 Å². The van der Waals surface area contributed by atoms with Crippen LogP contribution >= 0.6 is 0 Å². The minimum atomic E-state index is -0.979. The van der Waals surface area contributed by atoms with Crippen molar-refractivity contribution in [3.05, 3.63) is 17.7 Å². The summed E-state index contributed by atoms with van der Waals surface area (Å²) in [6.07, 6.45) is 0. The van der Waals surface area contributed by atoms with Crippen molar-refractivity contribution < 1.29 is 24.1 Å². The Bertz CT molecular complexity index is 447. The van der Waals surface area contributed by atoms with Crippen molar-refractivity contribution in [3.8, 4) is 17.2 Å². The number of carboxylic acid groups (broad SMARTS) is 1. The first-order valence-electron chi connectivity index (χ1n) is 5.85. The first-order chi connectivity index (χ1) is 9.10. The van der Waals surface area contributed by atoms with Crippen LogP contribution in [0, 0.1) is 0 Å². The molecule has 6 nitrogen and oxygen atoms in total. The molecule has 0 radical (unpaired) electrons. The Balaban J connectivity index is 3.37. The average Bonchev–Trinajstić information content (AvgIpc) is 2.42. The normalized spacial score (nSPS) is 11.8. The summed E-state index contributed by atoms with van der Waals surface area (Å²) < 4.78 is 15.7. The van der Waals surface area contributed by atoms with E-state index in [9.17, 15) is 9.90 Å². The van der Waals surface area contributed by atoms with Crippen LogP contribution in [0.1, 0.15) is 18.5 Å². The standard InChI is InChI=1S/C13H19NO5/c1-5-14-10(13(15)16)8-6-7-9(17-2)12(19-4)11(8)18-3/h6-7,10,14H,5H2,1-4H3,(H,15,16). The molecule has 1 aromatic rings. The Morgan fingerprint density at radius 1 is 1.21 bits per heavy atom. The van der Waals surface area contributed by atoms with Gasteiger partial charge in [0.2, 0.25) is 5.75 Å². The van der Waals surface area contributed by atoms with Crippen LogP contribution in [0.5, 0.6) is 17.2 Å². The van der Waals surface area contributed by atoms with E-state index in [0.29, 0.717) is 29.4 Å². The lowest BCUT2D eigenvalue weighted by Crippen LogP contribution is -2.28. The molecule has 0 heterocycles. The number of ether oxygens (including phenoxy) is 3. The maximum atomic E-state index is 11.3. The van der Waals surface area contributed by atoms with Gasteiger partial charge in [-0.2, -0.15) is 0 Å². The van der Waals surface area contributed by atoms with Crippen LogP contribution in [0.25, 0.3) is 0 Å². The van der Waals surface area contributed by atoms with Crippen LogP contribution in [-0.2, 0) is 4.79 Å². The Morgan fingerprint density at radius 3 is 2.26 bits per heavy atom. The Labute approximate surface area is 112 Å². The third-order valence-corrected chi connectivity index (χ3v) is 2.70. The van der Waals surface area contributed by atoms with Gasteiger partial charge in [-0.1, -0.05) is 6.92 Å². The van der Waals surface area contributed by atoms with Gasteiger partial charge in [0.1, 0.15) is 6.04 Å². The summed E-state index contributed by atoms with van der Waals surface area (Å²) in [7, 11) is 4.45. The van der Waals surface area contributed by atoms with Crippen molar-refractivity contribution in [1.82, 2.24) is 5.32 Å². The Hall–Kier alpha value is -1.95. The lowest BCUT2D eigenvalue weighted by molar-refractivity contribution is -0.139. The first-order valence-corrected chi connectivity index (χ1v) is 5.85. The Kier molecular flexibility index (Phi) is 5.44. The molecular formula is C13H19NO5. The fourth-order valence-corrected chi connectivity index (χ4v) is 1.89. The SMILES string of the molecule is CCNC(C(=O)O)c1ccc(OC)c(OC)c1OC. The summed E-state index contributed by atoms with van der Waals surface area (Å²) in [6, 6.07) is 2.45. The molecule has 6 heteroatoms. The van der Waals surface area contributed by atoms with Crippen molar-refractivity contribution in [3.63, 3.8) is 0 Å². The van der Waals surface area contributed by atoms with Gasteiger partial charge in [-0.25, -0.2) is 0 Å². The van der Waals surface area contributed by atoms with Crippen molar-refractivity contribution in [2.75, 3.05) is 27.9 Å². The molecule has 0 saturated carbocycles. The van der Waals surface area contributed by atoms with Crippen LogP contribution in [0.3, 0.4) is 0 Å². The summed E-state index contributed by atoms with van der Waals surface area (Å²) in [5.41, 5.74) is 0.495. The highest BCUT2D eigenvalue weighted by atomic mass is 16.5. The largest absolute Gasteiger partial charge is 0.493 e. The molecule has 0 aliphatic carbocycles. The van der Waals surface area contributed by atoms with Gasteiger partial charge in [0.15, 0.2) is 11.5 Å². The van der Waals surface area contributed by atoms with E-state index < -0.39 is 12.0 Å². The Morgan fingerprint density at radius 2 is 1.84 bits per heavy atom. The molecule has 1 aromatic carbocycles. The van der Waals surface area contributed by atoms with E-state index in [0.717, 1.165) is 0 Å². The fraction of sp³-hybridized carbons (Fsp3) is 0.462. The predicted octanol–water partition coefficient (Wildman–Crippen LogP) is 1.45. The van der Waals surface area contributed by atoms with Crippen LogP contribution in [-0.4, -0.2) is 38.9 Å². The van der Waals surface area contributed by atoms with Crippen molar-refractivity contribution in [2.45, 2.75) is 13.0 Å². The smallest absolute Gasteiger partial charge is 0.325 e. The zero-order valence-corrected chi connectivity index (χ0v) is 11.5. The minimum absolute atomic E-state index is 0.357. The average molecular weight is 269 g/mol. The number of rotatable bonds is 7. The monoisotopic (exact) mass is 269 g/mol. The number of nitrogens with one attached hydrogen (secondary N) is 1. The molecule has 0 aromatic heterocycles. The second kappa shape index (κ2) is 6.84. The van der Waals surface area contributed by atoms with Gasteiger partial charge in [0, 0.05) is 5.56 Å². The van der Waals surface area contributed by atoms with E-state index in [-0.39, 0.29) is 0 Å². The molecule has 0 amide bonds. The van der Waals surface area contributed by atoms with Crippen LogP contribution in [0.15, 0.2) is 12.1 Å². The van der Waals surface area contributed by atoms with Gasteiger partial charge in [0.25, 0.3) is 0 Å². The number of carbonyl (C=O) groups is 1. The molecule has 0 aliphatic rings. The highest BCUT2D eigenvalue weighted by Gasteiger charge is 2.26. The maximum absolute atomic E-state index is 11.3. The van der Waals surface area contributed by atoms with E-state index >= 15 is 0 Å². The predicted molar refractivity (Wildman–Crippen MR) is 70.2 cm³/mol. The van der Waals surface area contributed by atoms with Crippen molar-refractivity contribution in [1.29, 1.82) is 0 Å². The van der Waals surface area contributed by atoms with E-state index in [1.54, 1.807) is 12.1 Å². The van der Waals surface area contributed by atoms with Crippen LogP contribution in [0.2, 0.25) is 0 Å². The highest BCUT2D eigenvalue weighted by Crippen LogP contribution is 2.42. The molecule has 0 fully saturated rings. The first kappa shape index (κ1) is 15.1. The van der Waals surface area contributed by atoms with Crippen LogP contribution in [0.4, 0.5) is 0 Å². The van der Waals surface area contributed by atoms with E-state index in [1.165, 1.54) is 21.3 Å². The molecule has 0 bridgehead atoms. The molecule has 2 N–H and O–H groups in total. The molecule has 1 unspecified atom stereocenters. The number of hydrogen-bond donors (Lipinski definition) is 2. The number of methoxy groups -OCH3 is 3. The summed E-state index contributed by atoms with van der Waals surface area (Å²) in [5.74, 6) is 0.248. The summed E-state index contributed by atoms with van der Waals surface area (Å²) in [6.45, 7) is 2.36. The molecule has 106 valence electrons. The van der Waals surface area contributed by atoms with Gasteiger partial charge in [0.05, 0.1) is 21.3 Å². The second-order valence-corrected chi connectivity index (χ2v) is 3.75. The van der Waals surface area contributed by atoms with E-state index in [1.807, 2.05) is 6.92 Å². The zero-order chi connectivity index (χ0) is 14.4. The lowest BCUT2D eigenvalue weighted by Gasteiger charge is -2.20. The molecule has 0 saturated heterocycles. The minimum Gasteiger partial charge on any atom is -0.493 e. The number of hydrogen-bond acceptors (Lipinski definition) is 5. The molecule has 0 spiro atoms. The fourth-order valence-electron chi connectivity index (χ4n) is 1.89. The lowest BCUT2D eigenvalue weighted by atomic mass is 10.0. The van der Waals surface area contributed by atoms with Gasteiger partial charge >= 0.3 is 5.97 Å². The summed E-state index contributed by atoms with van der Waals surface area (Å²) >= 11 is 0. The molecular weight excluding hydrogens is 250 g/mol. The molecule has 19 heavy (non-hydrogen) atoms. The van der Waals surface area contributed by atoms with Gasteiger partial charge < -0.3 is 24.6 Å². The van der Waals surface area contributed by atoms with Gasteiger partial charge in [-0.15, -0.1) is 0 Å². The van der Waals surface area contributed by atoms with E-state index in [2.05, 4.69) is 5.32 Å². The quantitative estimate of drug-likeness (QED) is 0.780. The second-order valence-electron chi connectivity index (χ2n) is 3.75. The van der Waals surface area contributed by atoms with E-state index in [4.69, 9.17) is 14.2 Å². The number of carboxylic acids is 1. The van der Waals surface area contributed by atoms with Crippen LogP contribution < -0.4 is 19.5 Å². The van der Waals surface area contributed by atoms with Gasteiger partial charge in [-0.05, 0) is 18.7 Å².